The predicted molar refractivity (Wildman–Crippen MR) is 212 cm³/mol. The number of rotatable bonds is 3. The van der Waals surface area contributed by atoms with E-state index in [4.69, 9.17) is 4.98 Å². The van der Waals surface area contributed by atoms with Gasteiger partial charge in [0, 0.05) is 11.8 Å². The van der Waals surface area contributed by atoms with Crippen molar-refractivity contribution in [3.05, 3.63) is 210 Å². The van der Waals surface area contributed by atoms with Crippen LogP contribution in [0.4, 0.5) is 0 Å². The standard InChI is InChI=1S/C50H31N/c1-2-13-32(14-3-1)33-24-26-34(27-25-33)47-38-17-4-6-19-40(38)48(41-20-7-5-18-39(41)47)35-28-29-42-46(31-35)50(45-23-12-30-51-49(42)45)43-21-10-8-15-36(43)37-16-9-11-22-44(37)50/h1-31H. The zero-order valence-electron chi connectivity index (χ0n) is 27.8. The van der Waals surface area contributed by atoms with Crippen molar-refractivity contribution in [2.45, 2.75) is 5.41 Å². The van der Waals surface area contributed by atoms with Crippen LogP contribution >= 0.6 is 0 Å². The quantitative estimate of drug-likeness (QED) is 0.174. The largest absolute Gasteiger partial charge is 0.256 e. The number of hydrogen-bond donors (Lipinski definition) is 0. The zero-order valence-corrected chi connectivity index (χ0v) is 27.8. The topological polar surface area (TPSA) is 12.9 Å². The summed E-state index contributed by atoms with van der Waals surface area (Å²) in [6.07, 6.45) is 1.94. The summed E-state index contributed by atoms with van der Waals surface area (Å²) < 4.78 is 0. The van der Waals surface area contributed by atoms with Gasteiger partial charge in [0.25, 0.3) is 0 Å². The Kier molecular flexibility index (Phi) is 5.94. The molecule has 1 spiro atoms. The Labute approximate surface area is 297 Å². The Morgan fingerprint density at radius 1 is 0.314 bits per heavy atom. The molecular formula is C50H31N. The first-order valence-electron chi connectivity index (χ1n) is 17.7. The van der Waals surface area contributed by atoms with Gasteiger partial charge in [0.1, 0.15) is 0 Å². The Morgan fingerprint density at radius 3 is 1.41 bits per heavy atom. The SMILES string of the molecule is c1ccc(-c2ccc(-c3c4ccccc4c(-c4ccc5c(c4)C4(c6ccccc6-c6ccccc64)c4cccnc4-5)c4ccccc34)cc2)cc1. The Hall–Kier alpha value is -6.57. The van der Waals surface area contributed by atoms with Gasteiger partial charge in [0.05, 0.1) is 11.1 Å². The lowest BCUT2D eigenvalue weighted by Gasteiger charge is -2.30. The van der Waals surface area contributed by atoms with E-state index in [1.807, 2.05) is 6.20 Å². The van der Waals surface area contributed by atoms with E-state index in [2.05, 4.69) is 182 Å². The third-order valence-electron chi connectivity index (χ3n) is 11.3. The van der Waals surface area contributed by atoms with Gasteiger partial charge in [0.2, 0.25) is 0 Å². The average molecular weight is 646 g/mol. The van der Waals surface area contributed by atoms with Crippen LogP contribution in [0.3, 0.4) is 0 Å². The number of nitrogens with zero attached hydrogens (tertiary/aromatic N) is 1. The number of fused-ring (bicyclic) bond motifs is 12. The highest BCUT2D eigenvalue weighted by molar-refractivity contribution is 6.21. The summed E-state index contributed by atoms with van der Waals surface area (Å²) in [5, 5.41) is 5.03. The summed E-state index contributed by atoms with van der Waals surface area (Å²) >= 11 is 0. The van der Waals surface area contributed by atoms with Gasteiger partial charge in [-0.2, -0.15) is 0 Å². The third-order valence-corrected chi connectivity index (χ3v) is 11.3. The summed E-state index contributed by atoms with van der Waals surface area (Å²) in [5.74, 6) is 0. The van der Waals surface area contributed by atoms with Crippen LogP contribution in [-0.4, -0.2) is 4.98 Å². The zero-order chi connectivity index (χ0) is 33.5. The minimum Gasteiger partial charge on any atom is -0.256 e. The third kappa shape index (κ3) is 3.83. The molecule has 0 saturated heterocycles. The molecule has 236 valence electrons. The van der Waals surface area contributed by atoms with Crippen LogP contribution in [0, 0.1) is 0 Å². The van der Waals surface area contributed by atoms with Crippen molar-refractivity contribution < 1.29 is 0 Å². The fourth-order valence-electron chi connectivity index (χ4n) is 9.31. The molecule has 1 nitrogen and oxygen atoms in total. The Morgan fingerprint density at radius 2 is 0.784 bits per heavy atom. The van der Waals surface area contributed by atoms with E-state index < -0.39 is 5.41 Å². The molecule has 9 aromatic rings. The molecule has 0 N–H and O–H groups in total. The molecular weight excluding hydrogens is 615 g/mol. The molecule has 1 aromatic heterocycles. The maximum atomic E-state index is 5.04. The highest BCUT2D eigenvalue weighted by Gasteiger charge is 2.52. The van der Waals surface area contributed by atoms with Crippen LogP contribution in [0.5, 0.6) is 0 Å². The predicted octanol–water partition coefficient (Wildman–Crippen LogP) is 12.7. The second kappa shape index (κ2) is 10.7. The summed E-state index contributed by atoms with van der Waals surface area (Å²) in [4.78, 5) is 5.04. The first-order chi connectivity index (χ1) is 25.3. The highest BCUT2D eigenvalue weighted by Crippen LogP contribution is 2.62. The summed E-state index contributed by atoms with van der Waals surface area (Å²) in [6.45, 7) is 0. The van der Waals surface area contributed by atoms with Gasteiger partial charge < -0.3 is 0 Å². The average Bonchev–Trinajstić information content (AvgIpc) is 3.67. The van der Waals surface area contributed by atoms with E-state index in [-0.39, 0.29) is 0 Å². The molecule has 51 heavy (non-hydrogen) atoms. The monoisotopic (exact) mass is 645 g/mol. The van der Waals surface area contributed by atoms with E-state index >= 15 is 0 Å². The van der Waals surface area contributed by atoms with E-state index in [9.17, 15) is 0 Å². The van der Waals surface area contributed by atoms with Gasteiger partial charge in [-0.05, 0) is 100 Å². The lowest BCUT2D eigenvalue weighted by molar-refractivity contribution is 0.792. The number of pyridine rings is 1. The van der Waals surface area contributed by atoms with Crippen molar-refractivity contribution in [2.75, 3.05) is 0 Å². The van der Waals surface area contributed by atoms with E-state index in [0.717, 1.165) is 5.69 Å². The van der Waals surface area contributed by atoms with Crippen molar-refractivity contribution >= 4 is 21.5 Å². The van der Waals surface area contributed by atoms with Gasteiger partial charge in [-0.3, -0.25) is 4.98 Å². The van der Waals surface area contributed by atoms with E-state index in [1.54, 1.807) is 0 Å². The van der Waals surface area contributed by atoms with E-state index in [0.29, 0.717) is 0 Å². The van der Waals surface area contributed by atoms with Crippen LogP contribution in [-0.2, 0) is 5.41 Å². The first kappa shape index (κ1) is 28.3. The summed E-state index contributed by atoms with van der Waals surface area (Å²) in [7, 11) is 0. The van der Waals surface area contributed by atoms with Crippen LogP contribution in [0.2, 0.25) is 0 Å². The molecule has 0 atom stereocenters. The van der Waals surface area contributed by atoms with Crippen molar-refractivity contribution in [3.63, 3.8) is 0 Å². The van der Waals surface area contributed by atoms with Crippen LogP contribution in [0.1, 0.15) is 22.3 Å². The van der Waals surface area contributed by atoms with Crippen LogP contribution in [0.15, 0.2) is 188 Å². The first-order valence-corrected chi connectivity index (χ1v) is 17.7. The molecule has 0 unspecified atom stereocenters. The smallest absolute Gasteiger partial charge is 0.0753 e. The van der Waals surface area contributed by atoms with Crippen LogP contribution in [0.25, 0.3) is 77.3 Å². The summed E-state index contributed by atoms with van der Waals surface area (Å²) in [6, 6.07) is 67.1. The van der Waals surface area contributed by atoms with E-state index in [1.165, 1.54) is 93.9 Å². The molecule has 0 amide bonds. The van der Waals surface area contributed by atoms with Gasteiger partial charge in [-0.1, -0.05) is 170 Å². The normalized spacial score (nSPS) is 13.3. The fourth-order valence-corrected chi connectivity index (χ4v) is 9.31. The number of benzene rings is 8. The molecule has 0 saturated carbocycles. The second-order valence-electron chi connectivity index (χ2n) is 13.8. The van der Waals surface area contributed by atoms with Gasteiger partial charge in [-0.15, -0.1) is 0 Å². The molecule has 0 bridgehead atoms. The lowest BCUT2D eigenvalue weighted by Crippen LogP contribution is -2.25. The highest BCUT2D eigenvalue weighted by atomic mass is 14.7. The minimum atomic E-state index is -0.436. The van der Waals surface area contributed by atoms with Crippen molar-refractivity contribution in [1.82, 2.24) is 4.98 Å². The molecule has 1 heteroatoms. The number of aromatic nitrogens is 1. The van der Waals surface area contributed by atoms with Crippen molar-refractivity contribution in [2.24, 2.45) is 0 Å². The molecule has 2 aliphatic rings. The van der Waals surface area contributed by atoms with Gasteiger partial charge in [-0.25, -0.2) is 0 Å². The minimum absolute atomic E-state index is 0.436. The summed E-state index contributed by atoms with van der Waals surface area (Å²) in [5.41, 5.74) is 17.1. The van der Waals surface area contributed by atoms with Crippen molar-refractivity contribution in [1.29, 1.82) is 0 Å². The van der Waals surface area contributed by atoms with Crippen LogP contribution < -0.4 is 0 Å². The van der Waals surface area contributed by atoms with Gasteiger partial charge >= 0.3 is 0 Å². The molecule has 1 heterocycles. The maximum absolute atomic E-state index is 5.04. The maximum Gasteiger partial charge on any atom is 0.0753 e. The second-order valence-corrected chi connectivity index (χ2v) is 13.8. The fraction of sp³-hybridized carbons (Fsp3) is 0.0200. The van der Waals surface area contributed by atoms with Crippen molar-refractivity contribution in [3.8, 4) is 55.8 Å². The molecule has 0 radical (unpaired) electrons. The Balaban J connectivity index is 1.18. The Bertz CT molecular complexity index is 2720. The van der Waals surface area contributed by atoms with Gasteiger partial charge in [0.15, 0.2) is 0 Å². The molecule has 0 aliphatic heterocycles. The molecule has 11 rings (SSSR count). The molecule has 0 fully saturated rings. The molecule has 2 aliphatic carbocycles. The molecule has 8 aromatic carbocycles. The lowest BCUT2D eigenvalue weighted by atomic mass is 9.70. The number of hydrogen-bond acceptors (Lipinski definition) is 1.